The molecule has 0 aliphatic rings. The lowest BCUT2D eigenvalue weighted by Crippen LogP contribution is -2.12. The van der Waals surface area contributed by atoms with Gasteiger partial charge in [0.15, 0.2) is 0 Å². The second-order valence-electron chi connectivity index (χ2n) is 14.3. The van der Waals surface area contributed by atoms with Crippen molar-refractivity contribution in [3.05, 3.63) is 101 Å². The lowest BCUT2D eigenvalue weighted by molar-refractivity contribution is -0.134. The molecule has 0 saturated carbocycles. The van der Waals surface area contributed by atoms with Crippen LogP contribution in [0, 0.1) is 13.8 Å². The third-order valence-electron chi connectivity index (χ3n) is 8.75. The molecule has 0 heterocycles. The van der Waals surface area contributed by atoms with Crippen molar-refractivity contribution < 1.29 is 9.53 Å². The summed E-state index contributed by atoms with van der Waals surface area (Å²) in [5, 5.41) is 10.6. The predicted octanol–water partition coefficient (Wildman–Crippen LogP) is 10.9. The highest BCUT2D eigenvalue weighted by Gasteiger charge is 2.22. The Bertz CT molecular complexity index is 1890. The molecule has 0 saturated heterocycles. The lowest BCUT2D eigenvalue weighted by atomic mass is 9.79. The number of esters is 1. The molecule has 0 aromatic heterocycles. The van der Waals surface area contributed by atoms with Gasteiger partial charge in [-0.2, -0.15) is 0 Å². The smallest absolute Gasteiger partial charge is 0.311 e. The minimum Gasteiger partial charge on any atom is -0.427 e. The van der Waals surface area contributed by atoms with Crippen LogP contribution in [-0.2, 0) is 22.0 Å². The zero-order chi connectivity index (χ0) is 30.0. The summed E-state index contributed by atoms with van der Waals surface area (Å²) in [5.41, 5.74) is 6.30. The van der Waals surface area contributed by atoms with Crippen LogP contribution in [-0.4, -0.2) is 5.97 Å². The van der Waals surface area contributed by atoms with Crippen LogP contribution in [0.3, 0.4) is 0 Å². The normalized spacial score (nSPS) is 12.7. The molecule has 0 spiro atoms. The number of benzene rings is 6. The van der Waals surface area contributed by atoms with Crippen LogP contribution < -0.4 is 4.74 Å². The van der Waals surface area contributed by atoms with Gasteiger partial charge in [-0.3, -0.25) is 4.79 Å². The maximum Gasteiger partial charge on any atom is 0.311 e. The van der Waals surface area contributed by atoms with Crippen molar-refractivity contribution in [1.82, 2.24) is 0 Å². The summed E-state index contributed by atoms with van der Waals surface area (Å²) in [6, 6.07) is 26.9. The molecule has 2 nitrogen and oxygen atoms in total. The first-order chi connectivity index (χ1) is 19.8. The van der Waals surface area contributed by atoms with E-state index < -0.39 is 0 Å². The van der Waals surface area contributed by atoms with Crippen molar-refractivity contribution in [2.75, 3.05) is 0 Å². The monoisotopic (exact) mass is 554 g/mol. The summed E-state index contributed by atoms with van der Waals surface area (Å²) in [4.78, 5) is 12.7. The van der Waals surface area contributed by atoms with Crippen molar-refractivity contribution in [1.29, 1.82) is 0 Å². The number of fused-ring (bicyclic) bond motifs is 2. The van der Waals surface area contributed by atoms with Crippen molar-refractivity contribution in [2.24, 2.45) is 0 Å². The molecule has 0 unspecified atom stereocenters. The van der Waals surface area contributed by atoms with Gasteiger partial charge in [0.1, 0.15) is 5.75 Å². The zero-order valence-electron chi connectivity index (χ0n) is 26.4. The van der Waals surface area contributed by atoms with Gasteiger partial charge in [-0.05, 0) is 133 Å². The largest absolute Gasteiger partial charge is 0.427 e. The number of hydrogen-bond acceptors (Lipinski definition) is 2. The Morgan fingerprint density at radius 2 is 1.21 bits per heavy atom. The molecule has 0 N–H and O–H groups in total. The van der Waals surface area contributed by atoms with Crippen molar-refractivity contribution >= 4 is 49.1 Å². The standard InChI is InChI=1S/C40H42O2/c1-24-17-25(2)19-30(18-24)42-36(41)14-9-11-26-15-16-33-35-23-29(40(6,7)8)21-27-20-28(39(3,4)5)22-34(37(27)35)32-13-10-12-31(26)38(32)33/h10,12-13,15-23H,9,11,14H2,1-8H3. The highest BCUT2D eigenvalue weighted by molar-refractivity contribution is 6.33. The van der Waals surface area contributed by atoms with E-state index in [2.05, 4.69) is 102 Å². The molecule has 6 aromatic carbocycles. The lowest BCUT2D eigenvalue weighted by Gasteiger charge is -2.25. The molecular weight excluding hydrogens is 512 g/mol. The predicted molar refractivity (Wildman–Crippen MR) is 180 cm³/mol. The van der Waals surface area contributed by atoms with E-state index in [1.165, 1.54) is 59.8 Å². The summed E-state index contributed by atoms with van der Waals surface area (Å²) < 4.78 is 5.68. The third-order valence-corrected chi connectivity index (χ3v) is 8.75. The van der Waals surface area contributed by atoms with Crippen LogP contribution in [0.15, 0.2) is 72.8 Å². The molecule has 0 aliphatic heterocycles. The van der Waals surface area contributed by atoms with Crippen LogP contribution >= 0.6 is 0 Å². The molecular formula is C40H42O2. The van der Waals surface area contributed by atoms with E-state index in [0.717, 1.165) is 24.0 Å². The van der Waals surface area contributed by atoms with Gasteiger partial charge in [-0.25, -0.2) is 0 Å². The van der Waals surface area contributed by atoms with Crippen LogP contribution in [0.25, 0.3) is 43.1 Å². The summed E-state index contributed by atoms with van der Waals surface area (Å²) in [6.45, 7) is 17.9. The maximum absolute atomic E-state index is 12.7. The fourth-order valence-corrected chi connectivity index (χ4v) is 6.54. The summed E-state index contributed by atoms with van der Waals surface area (Å²) in [6.07, 6.45) is 1.97. The number of hydrogen-bond donors (Lipinski definition) is 0. The number of rotatable bonds is 5. The highest BCUT2D eigenvalue weighted by Crippen LogP contribution is 2.44. The summed E-state index contributed by atoms with van der Waals surface area (Å²) in [7, 11) is 0. The van der Waals surface area contributed by atoms with Gasteiger partial charge >= 0.3 is 5.97 Å². The Morgan fingerprint density at radius 1 is 0.643 bits per heavy atom. The fourth-order valence-electron chi connectivity index (χ4n) is 6.54. The van der Waals surface area contributed by atoms with Crippen molar-refractivity contribution in [2.45, 2.75) is 85.5 Å². The third kappa shape index (κ3) is 5.13. The Morgan fingerprint density at radius 3 is 1.81 bits per heavy atom. The van der Waals surface area contributed by atoms with Crippen LogP contribution in [0.5, 0.6) is 5.75 Å². The maximum atomic E-state index is 12.7. The molecule has 0 amide bonds. The molecule has 0 aliphatic carbocycles. The Hall–Kier alpha value is -3.91. The number of carbonyl (C=O) groups is 1. The van der Waals surface area contributed by atoms with Gasteiger partial charge in [0, 0.05) is 6.42 Å². The number of aryl methyl sites for hydroxylation is 3. The van der Waals surface area contributed by atoms with E-state index in [1.807, 2.05) is 26.0 Å². The van der Waals surface area contributed by atoms with E-state index in [4.69, 9.17) is 4.74 Å². The first-order valence-electron chi connectivity index (χ1n) is 15.3. The fraction of sp³-hybridized carbons (Fsp3) is 0.325. The molecule has 0 radical (unpaired) electrons. The van der Waals surface area contributed by atoms with Crippen molar-refractivity contribution in [3.8, 4) is 5.75 Å². The Kier molecular flexibility index (Phi) is 6.80. The number of ether oxygens (including phenoxy) is 1. The van der Waals surface area contributed by atoms with Gasteiger partial charge in [0.2, 0.25) is 0 Å². The first kappa shape index (κ1) is 28.2. The van der Waals surface area contributed by atoms with Crippen LogP contribution in [0.4, 0.5) is 0 Å². The van der Waals surface area contributed by atoms with Gasteiger partial charge in [0.05, 0.1) is 0 Å². The SMILES string of the molecule is Cc1cc(C)cc(OC(=O)CCCc2ccc3c4cc(C(C)(C)C)cc5cc(C(C)(C)C)cc(c6cccc2c63)c54)c1. The highest BCUT2D eigenvalue weighted by atomic mass is 16.5. The van der Waals surface area contributed by atoms with E-state index in [-0.39, 0.29) is 16.8 Å². The minimum absolute atomic E-state index is 0.0460. The summed E-state index contributed by atoms with van der Waals surface area (Å²) >= 11 is 0. The van der Waals surface area contributed by atoms with Crippen LogP contribution in [0.1, 0.15) is 82.2 Å². The van der Waals surface area contributed by atoms with Gasteiger partial charge in [0.25, 0.3) is 0 Å². The van der Waals surface area contributed by atoms with Gasteiger partial charge < -0.3 is 4.74 Å². The zero-order valence-corrected chi connectivity index (χ0v) is 26.4. The van der Waals surface area contributed by atoms with E-state index in [1.54, 1.807) is 0 Å². The second kappa shape index (κ2) is 10.1. The molecule has 214 valence electrons. The van der Waals surface area contributed by atoms with E-state index >= 15 is 0 Å². The summed E-state index contributed by atoms with van der Waals surface area (Å²) in [5.74, 6) is 0.462. The Balaban J connectivity index is 1.44. The second-order valence-corrected chi connectivity index (χ2v) is 14.3. The Labute approximate surface area is 250 Å². The molecule has 6 rings (SSSR count). The minimum atomic E-state index is -0.173. The topological polar surface area (TPSA) is 26.3 Å². The molecule has 2 heteroatoms. The molecule has 0 fully saturated rings. The average molecular weight is 555 g/mol. The van der Waals surface area contributed by atoms with Crippen molar-refractivity contribution in [3.63, 3.8) is 0 Å². The van der Waals surface area contributed by atoms with Crippen LogP contribution in [0.2, 0.25) is 0 Å². The van der Waals surface area contributed by atoms with E-state index in [9.17, 15) is 4.79 Å². The molecule has 0 atom stereocenters. The molecule has 0 bridgehead atoms. The van der Waals surface area contributed by atoms with E-state index in [0.29, 0.717) is 12.2 Å². The van der Waals surface area contributed by atoms with Gasteiger partial charge in [-0.1, -0.05) is 90.1 Å². The first-order valence-corrected chi connectivity index (χ1v) is 15.3. The molecule has 6 aromatic rings. The quantitative estimate of drug-likeness (QED) is 0.0917. The molecule has 42 heavy (non-hydrogen) atoms. The van der Waals surface area contributed by atoms with Gasteiger partial charge in [-0.15, -0.1) is 0 Å². The average Bonchev–Trinajstić information content (AvgIpc) is 2.89. The number of carbonyl (C=O) groups excluding carboxylic acids is 1.